The summed E-state index contributed by atoms with van der Waals surface area (Å²) in [5.74, 6) is 3.02. The maximum atomic E-state index is 5.71. The molecule has 0 aromatic rings. The van der Waals surface area contributed by atoms with E-state index >= 15 is 0 Å². The van der Waals surface area contributed by atoms with Crippen molar-refractivity contribution in [1.82, 2.24) is 10.6 Å². The van der Waals surface area contributed by atoms with Gasteiger partial charge in [-0.1, -0.05) is 13.3 Å². The van der Waals surface area contributed by atoms with Crippen LogP contribution in [0.5, 0.6) is 0 Å². The summed E-state index contributed by atoms with van der Waals surface area (Å²) in [5, 5.41) is 8.07. The molecule has 5 rings (SSSR count). The van der Waals surface area contributed by atoms with Crippen LogP contribution in [0, 0.1) is 23.2 Å². The maximum absolute atomic E-state index is 5.71. The van der Waals surface area contributed by atoms with Crippen molar-refractivity contribution in [1.29, 1.82) is 0 Å². The first-order chi connectivity index (χ1) is 11.7. The van der Waals surface area contributed by atoms with Crippen molar-refractivity contribution in [2.24, 2.45) is 23.2 Å². The highest BCUT2D eigenvalue weighted by atomic mass is 32.1. The molecule has 1 heterocycles. The molecule has 2 atom stereocenters. The molecule has 3 nitrogen and oxygen atoms in total. The van der Waals surface area contributed by atoms with Gasteiger partial charge >= 0.3 is 0 Å². The summed E-state index contributed by atoms with van der Waals surface area (Å²) in [6.45, 7) is 4.10. The van der Waals surface area contributed by atoms with Gasteiger partial charge in [0, 0.05) is 19.2 Å². The summed E-state index contributed by atoms with van der Waals surface area (Å²) in [6.07, 6.45) is 14.1. The quantitative estimate of drug-likeness (QED) is 0.709. The van der Waals surface area contributed by atoms with E-state index in [1.807, 2.05) is 0 Å². The zero-order valence-electron chi connectivity index (χ0n) is 15.2. The molecule has 0 radical (unpaired) electrons. The molecule has 4 saturated carbocycles. The topological polar surface area (TPSA) is 33.3 Å². The second-order valence-electron chi connectivity index (χ2n) is 9.11. The SMILES string of the molecule is CCC[C@H](NC(=S)NC[C@H]1CCCO1)C12CC3CC(CC(C3)C1)C2. The van der Waals surface area contributed by atoms with E-state index < -0.39 is 0 Å². The fourth-order valence-corrected chi connectivity index (χ4v) is 6.87. The van der Waals surface area contributed by atoms with E-state index in [0.29, 0.717) is 17.6 Å². The van der Waals surface area contributed by atoms with E-state index in [2.05, 4.69) is 17.6 Å². The number of ether oxygens (including phenoxy) is 1. The molecule has 1 aliphatic heterocycles. The third-order valence-electron chi connectivity index (χ3n) is 7.22. The Balaban J connectivity index is 1.37. The first-order valence-corrected chi connectivity index (χ1v) is 10.7. The minimum Gasteiger partial charge on any atom is -0.376 e. The number of nitrogens with one attached hydrogen (secondary N) is 2. The van der Waals surface area contributed by atoms with Gasteiger partial charge in [0.05, 0.1) is 6.10 Å². The highest BCUT2D eigenvalue weighted by Gasteiger charge is 2.54. The van der Waals surface area contributed by atoms with Crippen molar-refractivity contribution in [2.75, 3.05) is 13.2 Å². The van der Waals surface area contributed by atoms with Crippen LogP contribution >= 0.6 is 12.2 Å². The number of hydrogen-bond acceptors (Lipinski definition) is 2. The largest absolute Gasteiger partial charge is 0.376 e. The second-order valence-corrected chi connectivity index (χ2v) is 9.52. The van der Waals surface area contributed by atoms with Crippen LogP contribution in [0.2, 0.25) is 0 Å². The lowest BCUT2D eigenvalue weighted by Gasteiger charge is -2.59. The molecule has 0 amide bonds. The summed E-state index contributed by atoms with van der Waals surface area (Å²) >= 11 is 5.66. The molecule has 4 heteroatoms. The molecular weight excluding hydrogens is 316 g/mol. The number of thiocarbonyl (C=S) groups is 1. The molecule has 5 aliphatic rings. The van der Waals surface area contributed by atoms with Crippen molar-refractivity contribution in [3.63, 3.8) is 0 Å². The summed E-state index contributed by atoms with van der Waals surface area (Å²) in [7, 11) is 0. The molecule has 5 fully saturated rings. The molecule has 24 heavy (non-hydrogen) atoms. The Hall–Kier alpha value is -0.350. The van der Waals surface area contributed by atoms with Crippen LogP contribution in [0.3, 0.4) is 0 Å². The van der Waals surface area contributed by atoms with Crippen molar-refractivity contribution in [3.05, 3.63) is 0 Å². The van der Waals surface area contributed by atoms with Crippen LogP contribution in [0.25, 0.3) is 0 Å². The molecular formula is C20H34N2OS. The van der Waals surface area contributed by atoms with Gasteiger partial charge in [-0.2, -0.15) is 0 Å². The lowest BCUT2D eigenvalue weighted by molar-refractivity contribution is -0.0720. The van der Waals surface area contributed by atoms with Gasteiger partial charge in [-0.15, -0.1) is 0 Å². The van der Waals surface area contributed by atoms with E-state index in [1.54, 1.807) is 0 Å². The smallest absolute Gasteiger partial charge is 0.166 e. The first-order valence-electron chi connectivity index (χ1n) is 10.3. The molecule has 0 spiro atoms. The monoisotopic (exact) mass is 350 g/mol. The van der Waals surface area contributed by atoms with Crippen molar-refractivity contribution >= 4 is 17.3 Å². The Labute approximate surface area is 152 Å². The molecule has 2 N–H and O–H groups in total. The lowest BCUT2D eigenvalue weighted by Crippen LogP contribution is -2.58. The Kier molecular flexibility index (Phi) is 5.06. The minimum atomic E-state index is 0.355. The number of hydrogen-bond donors (Lipinski definition) is 2. The van der Waals surface area contributed by atoms with Gasteiger partial charge in [0.2, 0.25) is 0 Å². The van der Waals surface area contributed by atoms with Gasteiger partial charge in [-0.25, -0.2) is 0 Å². The van der Waals surface area contributed by atoms with Crippen LogP contribution in [0.15, 0.2) is 0 Å². The van der Waals surface area contributed by atoms with Gasteiger partial charge in [-0.05, 0) is 93.2 Å². The zero-order chi connectivity index (χ0) is 16.6. The average molecular weight is 351 g/mol. The highest BCUT2D eigenvalue weighted by molar-refractivity contribution is 7.80. The fraction of sp³-hybridized carbons (Fsp3) is 0.950. The third kappa shape index (κ3) is 3.46. The van der Waals surface area contributed by atoms with Crippen LogP contribution in [0.1, 0.15) is 71.1 Å². The van der Waals surface area contributed by atoms with Crippen LogP contribution < -0.4 is 10.6 Å². The van der Waals surface area contributed by atoms with E-state index in [9.17, 15) is 0 Å². The van der Waals surface area contributed by atoms with E-state index in [0.717, 1.165) is 36.0 Å². The summed E-state index contributed by atoms with van der Waals surface area (Å²) < 4.78 is 5.71. The Morgan fingerprint density at radius 2 is 1.83 bits per heavy atom. The lowest BCUT2D eigenvalue weighted by atomic mass is 9.47. The van der Waals surface area contributed by atoms with Crippen molar-refractivity contribution in [3.8, 4) is 0 Å². The third-order valence-corrected chi connectivity index (χ3v) is 7.48. The van der Waals surface area contributed by atoms with E-state index in [1.165, 1.54) is 64.2 Å². The highest BCUT2D eigenvalue weighted by Crippen LogP contribution is 2.61. The van der Waals surface area contributed by atoms with Gasteiger partial charge in [0.15, 0.2) is 5.11 Å². The summed E-state index contributed by atoms with van der Waals surface area (Å²) in [4.78, 5) is 0. The zero-order valence-corrected chi connectivity index (χ0v) is 16.0. The van der Waals surface area contributed by atoms with E-state index in [-0.39, 0.29) is 0 Å². The average Bonchev–Trinajstić information content (AvgIpc) is 3.05. The molecule has 4 bridgehead atoms. The molecule has 4 aliphatic carbocycles. The van der Waals surface area contributed by atoms with Crippen molar-refractivity contribution < 1.29 is 4.74 Å². The molecule has 0 aromatic heterocycles. The fourth-order valence-electron chi connectivity index (χ4n) is 6.65. The summed E-state index contributed by atoms with van der Waals surface area (Å²) in [5.41, 5.74) is 0.528. The van der Waals surface area contributed by atoms with Crippen molar-refractivity contribution in [2.45, 2.75) is 83.3 Å². The second kappa shape index (κ2) is 7.11. The Morgan fingerprint density at radius 3 is 2.38 bits per heavy atom. The molecule has 0 aromatic carbocycles. The standard InChI is InChI=1S/C20H34N2OS/c1-2-4-18(22-19(24)21-13-17-5-3-6-23-17)20-10-14-7-15(11-20)9-16(8-14)12-20/h14-18H,2-13H2,1H3,(H2,21,22,24)/t14?,15?,16?,17-,18+,20?/m1/s1. The maximum Gasteiger partial charge on any atom is 0.166 e. The van der Waals surface area contributed by atoms with Gasteiger partial charge in [0.25, 0.3) is 0 Å². The number of rotatable bonds is 6. The first kappa shape index (κ1) is 17.1. The Morgan fingerprint density at radius 1 is 1.17 bits per heavy atom. The normalized spacial score (nSPS) is 41.4. The Bertz CT molecular complexity index is 425. The molecule has 0 unspecified atom stereocenters. The predicted octanol–water partition coefficient (Wildman–Crippen LogP) is 4.01. The summed E-state index contributed by atoms with van der Waals surface area (Å²) in [6, 6.07) is 0.570. The predicted molar refractivity (Wildman–Crippen MR) is 102 cm³/mol. The van der Waals surface area contributed by atoms with E-state index in [4.69, 9.17) is 17.0 Å². The minimum absolute atomic E-state index is 0.355. The van der Waals surface area contributed by atoms with Crippen LogP contribution in [0.4, 0.5) is 0 Å². The molecule has 136 valence electrons. The van der Waals surface area contributed by atoms with Gasteiger partial charge in [0.1, 0.15) is 0 Å². The molecule has 1 saturated heterocycles. The van der Waals surface area contributed by atoms with Crippen LogP contribution in [-0.2, 0) is 4.74 Å². The van der Waals surface area contributed by atoms with Gasteiger partial charge in [-0.3, -0.25) is 0 Å². The van der Waals surface area contributed by atoms with Gasteiger partial charge < -0.3 is 15.4 Å². The van der Waals surface area contributed by atoms with Crippen LogP contribution in [-0.4, -0.2) is 30.4 Å².